The van der Waals surface area contributed by atoms with E-state index in [9.17, 15) is 4.79 Å². The minimum absolute atomic E-state index is 0.0118. The number of hydrogen-bond donors (Lipinski definition) is 2. The fourth-order valence-electron chi connectivity index (χ4n) is 1.60. The van der Waals surface area contributed by atoms with Crippen molar-refractivity contribution < 1.29 is 4.79 Å². The minimum atomic E-state index is -0.0118. The first-order valence-electron chi connectivity index (χ1n) is 6.20. The Morgan fingerprint density at radius 1 is 1.35 bits per heavy atom. The molecule has 3 nitrogen and oxygen atoms in total. The van der Waals surface area contributed by atoms with Crippen molar-refractivity contribution in [2.45, 2.75) is 40.2 Å². The summed E-state index contributed by atoms with van der Waals surface area (Å²) in [6, 6.07) is 6.07. The number of anilines is 1. The molecule has 0 spiro atoms. The summed E-state index contributed by atoms with van der Waals surface area (Å²) in [5.74, 6) is -0.0118. The molecule has 94 valence electrons. The Kier molecular flexibility index (Phi) is 5.01. The number of carbonyl (C=O) groups excluding carboxylic acids is 1. The fraction of sp³-hybridized carbons (Fsp3) is 0.500. The number of rotatable bonds is 5. The Labute approximate surface area is 104 Å². The summed E-state index contributed by atoms with van der Waals surface area (Å²) < 4.78 is 0. The van der Waals surface area contributed by atoms with Gasteiger partial charge in [0.05, 0.1) is 5.56 Å². The number of hydrogen-bond acceptors (Lipinski definition) is 2. The monoisotopic (exact) mass is 234 g/mol. The van der Waals surface area contributed by atoms with Gasteiger partial charge in [0, 0.05) is 18.3 Å². The average Bonchev–Trinajstić information content (AvgIpc) is 2.26. The van der Waals surface area contributed by atoms with Crippen LogP contribution in [0.3, 0.4) is 0 Å². The van der Waals surface area contributed by atoms with Crippen LogP contribution in [0.25, 0.3) is 0 Å². The molecule has 0 unspecified atom stereocenters. The summed E-state index contributed by atoms with van der Waals surface area (Å²) in [4.78, 5) is 12.0. The van der Waals surface area contributed by atoms with E-state index < -0.39 is 0 Å². The lowest BCUT2D eigenvalue weighted by Crippen LogP contribution is -2.30. The number of aryl methyl sites for hydroxylation is 1. The first-order chi connectivity index (χ1) is 8.04. The smallest absolute Gasteiger partial charge is 0.253 e. The van der Waals surface area contributed by atoms with E-state index in [-0.39, 0.29) is 11.9 Å². The second-order valence-electron chi connectivity index (χ2n) is 4.60. The van der Waals surface area contributed by atoms with Gasteiger partial charge in [-0.05, 0) is 39.3 Å². The van der Waals surface area contributed by atoms with Gasteiger partial charge in [-0.25, -0.2) is 0 Å². The SMILES string of the molecule is CCCNc1ccc(C)cc1C(=O)NC(C)C. The Bertz CT molecular complexity index is 386. The summed E-state index contributed by atoms with van der Waals surface area (Å²) in [5, 5.41) is 6.21. The van der Waals surface area contributed by atoms with Gasteiger partial charge in [0.15, 0.2) is 0 Å². The van der Waals surface area contributed by atoms with Crippen molar-refractivity contribution in [3.63, 3.8) is 0 Å². The van der Waals surface area contributed by atoms with E-state index in [4.69, 9.17) is 0 Å². The predicted molar refractivity (Wildman–Crippen MR) is 72.6 cm³/mol. The molecule has 0 fully saturated rings. The molecular formula is C14H22N2O. The van der Waals surface area contributed by atoms with Crippen molar-refractivity contribution in [3.05, 3.63) is 29.3 Å². The molecule has 1 aromatic carbocycles. The highest BCUT2D eigenvalue weighted by atomic mass is 16.1. The molecule has 17 heavy (non-hydrogen) atoms. The minimum Gasteiger partial charge on any atom is -0.384 e. The maximum absolute atomic E-state index is 12.0. The van der Waals surface area contributed by atoms with Crippen molar-refractivity contribution in [1.29, 1.82) is 0 Å². The molecule has 0 saturated carbocycles. The highest BCUT2D eigenvalue weighted by molar-refractivity contribution is 5.99. The van der Waals surface area contributed by atoms with Gasteiger partial charge in [0.2, 0.25) is 0 Å². The molecule has 0 bridgehead atoms. The Morgan fingerprint density at radius 3 is 2.65 bits per heavy atom. The van der Waals surface area contributed by atoms with Crippen LogP contribution in [-0.2, 0) is 0 Å². The Balaban J connectivity index is 2.93. The molecule has 0 aliphatic heterocycles. The van der Waals surface area contributed by atoms with Crippen LogP contribution in [0.1, 0.15) is 43.1 Å². The number of amides is 1. The van der Waals surface area contributed by atoms with Crippen LogP contribution in [0.15, 0.2) is 18.2 Å². The van der Waals surface area contributed by atoms with Crippen LogP contribution < -0.4 is 10.6 Å². The quantitative estimate of drug-likeness (QED) is 0.822. The first kappa shape index (κ1) is 13.6. The summed E-state index contributed by atoms with van der Waals surface area (Å²) in [6.45, 7) is 8.91. The lowest BCUT2D eigenvalue weighted by Gasteiger charge is -2.14. The van der Waals surface area contributed by atoms with Gasteiger partial charge in [-0.3, -0.25) is 4.79 Å². The van der Waals surface area contributed by atoms with Crippen LogP contribution >= 0.6 is 0 Å². The molecule has 0 atom stereocenters. The van der Waals surface area contributed by atoms with Gasteiger partial charge in [-0.2, -0.15) is 0 Å². The first-order valence-corrected chi connectivity index (χ1v) is 6.20. The second kappa shape index (κ2) is 6.28. The Hall–Kier alpha value is -1.51. The van der Waals surface area contributed by atoms with Crippen LogP contribution in [0.4, 0.5) is 5.69 Å². The van der Waals surface area contributed by atoms with E-state index >= 15 is 0 Å². The highest BCUT2D eigenvalue weighted by Gasteiger charge is 2.12. The predicted octanol–water partition coefficient (Wildman–Crippen LogP) is 2.96. The molecular weight excluding hydrogens is 212 g/mol. The standard InChI is InChI=1S/C14H22N2O/c1-5-8-15-13-7-6-11(4)9-12(13)14(17)16-10(2)3/h6-7,9-10,15H,5,8H2,1-4H3,(H,16,17). The van der Waals surface area contributed by atoms with Crippen molar-refractivity contribution in [2.24, 2.45) is 0 Å². The third kappa shape index (κ3) is 4.10. The molecule has 2 N–H and O–H groups in total. The number of nitrogens with one attached hydrogen (secondary N) is 2. The van der Waals surface area contributed by atoms with Crippen LogP contribution in [0.5, 0.6) is 0 Å². The van der Waals surface area contributed by atoms with Crippen molar-refractivity contribution in [2.75, 3.05) is 11.9 Å². The molecule has 1 amide bonds. The Morgan fingerprint density at radius 2 is 2.06 bits per heavy atom. The van der Waals surface area contributed by atoms with E-state index in [1.54, 1.807) is 0 Å². The van der Waals surface area contributed by atoms with Gasteiger partial charge in [-0.1, -0.05) is 18.6 Å². The molecule has 0 heterocycles. The summed E-state index contributed by atoms with van der Waals surface area (Å²) in [6.07, 6.45) is 1.04. The van der Waals surface area contributed by atoms with Gasteiger partial charge in [0.1, 0.15) is 0 Å². The number of carbonyl (C=O) groups is 1. The summed E-state index contributed by atoms with van der Waals surface area (Å²) in [5.41, 5.74) is 2.74. The number of benzene rings is 1. The zero-order valence-electron chi connectivity index (χ0n) is 11.1. The van der Waals surface area contributed by atoms with E-state index in [1.165, 1.54) is 0 Å². The zero-order chi connectivity index (χ0) is 12.8. The third-order valence-electron chi connectivity index (χ3n) is 2.40. The van der Waals surface area contributed by atoms with E-state index in [0.717, 1.165) is 29.8 Å². The lowest BCUT2D eigenvalue weighted by atomic mass is 10.1. The molecule has 0 aromatic heterocycles. The van der Waals surface area contributed by atoms with Crippen molar-refractivity contribution in [1.82, 2.24) is 5.32 Å². The van der Waals surface area contributed by atoms with Gasteiger partial charge >= 0.3 is 0 Å². The van der Waals surface area contributed by atoms with E-state index in [0.29, 0.717) is 0 Å². The summed E-state index contributed by atoms with van der Waals surface area (Å²) >= 11 is 0. The molecule has 0 aliphatic rings. The topological polar surface area (TPSA) is 41.1 Å². The van der Waals surface area contributed by atoms with Gasteiger partial charge in [0.25, 0.3) is 5.91 Å². The highest BCUT2D eigenvalue weighted by Crippen LogP contribution is 2.17. The zero-order valence-corrected chi connectivity index (χ0v) is 11.1. The third-order valence-corrected chi connectivity index (χ3v) is 2.40. The molecule has 0 aliphatic carbocycles. The normalized spacial score (nSPS) is 10.4. The van der Waals surface area contributed by atoms with Crippen molar-refractivity contribution in [3.8, 4) is 0 Å². The van der Waals surface area contributed by atoms with E-state index in [2.05, 4.69) is 17.6 Å². The average molecular weight is 234 g/mol. The van der Waals surface area contributed by atoms with E-state index in [1.807, 2.05) is 39.0 Å². The molecule has 3 heteroatoms. The molecule has 1 aromatic rings. The summed E-state index contributed by atoms with van der Waals surface area (Å²) in [7, 11) is 0. The van der Waals surface area contributed by atoms with Crippen LogP contribution in [0, 0.1) is 6.92 Å². The molecule has 0 saturated heterocycles. The van der Waals surface area contributed by atoms with Crippen LogP contribution in [0.2, 0.25) is 0 Å². The van der Waals surface area contributed by atoms with Gasteiger partial charge < -0.3 is 10.6 Å². The molecule has 0 radical (unpaired) electrons. The second-order valence-corrected chi connectivity index (χ2v) is 4.60. The molecule has 1 rings (SSSR count). The maximum Gasteiger partial charge on any atom is 0.253 e. The maximum atomic E-state index is 12.0. The van der Waals surface area contributed by atoms with Gasteiger partial charge in [-0.15, -0.1) is 0 Å². The fourth-order valence-corrected chi connectivity index (χ4v) is 1.60. The van der Waals surface area contributed by atoms with Crippen molar-refractivity contribution >= 4 is 11.6 Å². The van der Waals surface area contributed by atoms with Crippen LogP contribution in [-0.4, -0.2) is 18.5 Å². The lowest BCUT2D eigenvalue weighted by molar-refractivity contribution is 0.0944. The largest absolute Gasteiger partial charge is 0.384 e.